The molecule has 0 unspecified atom stereocenters. The summed E-state index contributed by atoms with van der Waals surface area (Å²) in [5.74, 6) is -1.11. The number of hydrogen-bond acceptors (Lipinski definition) is 3. The van der Waals surface area contributed by atoms with Crippen molar-refractivity contribution in [2.24, 2.45) is 5.92 Å². The third-order valence-corrected chi connectivity index (χ3v) is 1.84. The highest BCUT2D eigenvalue weighted by Gasteiger charge is 2.28. The molecule has 72 valence electrons. The van der Waals surface area contributed by atoms with Crippen molar-refractivity contribution in [3.8, 4) is 0 Å². The molecule has 0 N–H and O–H groups in total. The maximum atomic E-state index is 11.2. The van der Waals surface area contributed by atoms with Crippen LogP contribution in [0.2, 0.25) is 0 Å². The standard InChI is InChI=1S/C8H14BNO3/c1-5(2)6(7(11)13-4)10(3)8(9)12/h5-6H,1-4H3/t6-/m0/s1. The van der Waals surface area contributed by atoms with E-state index in [9.17, 15) is 9.59 Å². The van der Waals surface area contributed by atoms with Gasteiger partial charge in [0.1, 0.15) is 6.04 Å². The SMILES string of the molecule is [B]C(=O)N(C)[C@H](C(=O)OC)C(C)C. The third kappa shape index (κ3) is 3.09. The Morgan fingerprint density at radius 1 is 1.38 bits per heavy atom. The molecule has 0 saturated heterocycles. The van der Waals surface area contributed by atoms with Crippen LogP contribution in [0.15, 0.2) is 0 Å². The highest BCUT2D eigenvalue weighted by atomic mass is 16.5. The number of methoxy groups -OCH3 is 1. The molecule has 0 rings (SSSR count). The van der Waals surface area contributed by atoms with Gasteiger partial charge in [0.25, 0.3) is 0 Å². The first-order chi connectivity index (χ1) is 5.91. The maximum absolute atomic E-state index is 11.2. The summed E-state index contributed by atoms with van der Waals surface area (Å²) in [4.78, 5) is 23.2. The molecule has 0 bridgehead atoms. The van der Waals surface area contributed by atoms with Crippen LogP contribution in [0, 0.1) is 5.92 Å². The Morgan fingerprint density at radius 3 is 2.08 bits per heavy atom. The van der Waals surface area contributed by atoms with Gasteiger partial charge in [0.2, 0.25) is 7.85 Å². The number of carbonyl (C=O) groups is 2. The second-order valence-corrected chi connectivity index (χ2v) is 3.16. The van der Waals surface area contributed by atoms with Crippen molar-refractivity contribution in [2.75, 3.05) is 14.2 Å². The summed E-state index contributed by atoms with van der Waals surface area (Å²) < 4.78 is 4.56. The van der Waals surface area contributed by atoms with Crippen molar-refractivity contribution >= 4 is 19.6 Å². The average molecular weight is 183 g/mol. The van der Waals surface area contributed by atoms with Crippen molar-refractivity contribution in [3.63, 3.8) is 0 Å². The number of hydrogen-bond donors (Lipinski definition) is 0. The molecule has 0 spiro atoms. The van der Waals surface area contributed by atoms with E-state index >= 15 is 0 Å². The van der Waals surface area contributed by atoms with Crippen LogP contribution >= 0.6 is 0 Å². The zero-order valence-electron chi connectivity index (χ0n) is 8.40. The second kappa shape index (κ2) is 4.89. The summed E-state index contributed by atoms with van der Waals surface area (Å²) in [5, 5.41) is 0. The number of rotatable bonds is 3. The molecule has 0 aliphatic carbocycles. The van der Waals surface area contributed by atoms with Gasteiger partial charge in [-0.2, -0.15) is 0 Å². The number of likely N-dealkylation sites (N-methyl/N-ethyl adjacent to an activating group) is 1. The van der Waals surface area contributed by atoms with E-state index in [-0.39, 0.29) is 5.92 Å². The highest BCUT2D eigenvalue weighted by Crippen LogP contribution is 2.10. The Kier molecular flexibility index (Phi) is 4.52. The van der Waals surface area contributed by atoms with E-state index < -0.39 is 17.8 Å². The Morgan fingerprint density at radius 2 is 1.85 bits per heavy atom. The quantitative estimate of drug-likeness (QED) is 0.470. The molecule has 0 aromatic carbocycles. The lowest BCUT2D eigenvalue weighted by Gasteiger charge is -2.28. The van der Waals surface area contributed by atoms with Gasteiger partial charge in [-0.05, 0) is 5.92 Å². The van der Waals surface area contributed by atoms with Crippen molar-refractivity contribution in [3.05, 3.63) is 0 Å². The number of carbonyl (C=O) groups excluding carboxylic acids is 2. The average Bonchev–Trinajstić information content (AvgIpc) is 2.03. The molecule has 0 saturated carbocycles. The minimum atomic E-state index is -0.635. The molecular weight excluding hydrogens is 169 g/mol. The number of esters is 1. The topological polar surface area (TPSA) is 46.6 Å². The Labute approximate surface area is 79.6 Å². The largest absolute Gasteiger partial charge is 0.467 e. The second-order valence-electron chi connectivity index (χ2n) is 3.16. The Hall–Kier alpha value is -0.995. The minimum absolute atomic E-state index is 0.0232. The van der Waals surface area contributed by atoms with E-state index in [0.717, 1.165) is 0 Å². The molecule has 4 nitrogen and oxygen atoms in total. The molecule has 13 heavy (non-hydrogen) atoms. The third-order valence-electron chi connectivity index (χ3n) is 1.84. The van der Waals surface area contributed by atoms with Crippen molar-refractivity contribution in [2.45, 2.75) is 19.9 Å². The van der Waals surface area contributed by atoms with E-state index in [1.165, 1.54) is 19.1 Å². The summed E-state index contributed by atoms with van der Waals surface area (Å²) in [6.07, 6.45) is 0. The van der Waals surface area contributed by atoms with E-state index in [1.54, 1.807) is 0 Å². The van der Waals surface area contributed by atoms with E-state index in [0.29, 0.717) is 0 Å². The maximum Gasteiger partial charge on any atom is 0.328 e. The molecule has 0 heterocycles. The molecule has 2 radical (unpaired) electrons. The fraction of sp³-hybridized carbons (Fsp3) is 0.750. The normalized spacial score (nSPS) is 12.4. The first-order valence-corrected chi connectivity index (χ1v) is 4.02. The first-order valence-electron chi connectivity index (χ1n) is 4.02. The van der Waals surface area contributed by atoms with Gasteiger partial charge < -0.3 is 9.64 Å². The molecule has 1 amide bonds. The van der Waals surface area contributed by atoms with Crippen LogP contribution < -0.4 is 0 Å². The number of amides is 1. The molecule has 1 atom stereocenters. The Bertz CT molecular complexity index is 206. The summed E-state index contributed by atoms with van der Waals surface area (Å²) >= 11 is 0. The molecule has 0 aromatic rings. The summed E-state index contributed by atoms with van der Waals surface area (Å²) in [6, 6.07) is -0.609. The predicted molar refractivity (Wildman–Crippen MR) is 49.6 cm³/mol. The molecule has 0 aromatic heterocycles. The predicted octanol–water partition coefficient (Wildman–Crippen LogP) is 0.404. The summed E-state index contributed by atoms with van der Waals surface area (Å²) in [5.41, 5.74) is 0. The fourth-order valence-corrected chi connectivity index (χ4v) is 1.14. The molecule has 0 fully saturated rings. The van der Waals surface area contributed by atoms with Crippen LogP contribution in [-0.4, -0.2) is 44.7 Å². The van der Waals surface area contributed by atoms with Gasteiger partial charge in [-0.1, -0.05) is 13.8 Å². The van der Waals surface area contributed by atoms with E-state index in [1.807, 2.05) is 13.8 Å². The van der Waals surface area contributed by atoms with Crippen LogP contribution in [0.5, 0.6) is 0 Å². The van der Waals surface area contributed by atoms with Crippen LogP contribution in [0.3, 0.4) is 0 Å². The van der Waals surface area contributed by atoms with Gasteiger partial charge in [-0.25, -0.2) is 4.79 Å². The lowest BCUT2D eigenvalue weighted by Crippen LogP contribution is -2.45. The van der Waals surface area contributed by atoms with Crippen LogP contribution in [0.25, 0.3) is 0 Å². The number of nitrogens with zero attached hydrogens (tertiary/aromatic N) is 1. The lowest BCUT2D eigenvalue weighted by molar-refractivity contribution is -0.146. The van der Waals surface area contributed by atoms with Crippen molar-refractivity contribution in [1.29, 1.82) is 0 Å². The van der Waals surface area contributed by atoms with Gasteiger partial charge in [0, 0.05) is 7.05 Å². The smallest absolute Gasteiger partial charge is 0.328 e. The van der Waals surface area contributed by atoms with E-state index in [2.05, 4.69) is 4.74 Å². The Balaban J connectivity index is 4.60. The van der Waals surface area contributed by atoms with Gasteiger partial charge >= 0.3 is 5.97 Å². The van der Waals surface area contributed by atoms with Crippen LogP contribution in [0.1, 0.15) is 13.8 Å². The minimum Gasteiger partial charge on any atom is -0.467 e. The highest BCUT2D eigenvalue weighted by molar-refractivity contribution is 6.57. The monoisotopic (exact) mass is 183 g/mol. The van der Waals surface area contributed by atoms with Gasteiger partial charge in [-0.15, -0.1) is 0 Å². The molecule has 5 heteroatoms. The van der Waals surface area contributed by atoms with E-state index in [4.69, 9.17) is 7.85 Å². The fourth-order valence-electron chi connectivity index (χ4n) is 1.14. The van der Waals surface area contributed by atoms with Gasteiger partial charge in [0.05, 0.1) is 7.11 Å². The summed E-state index contributed by atoms with van der Waals surface area (Å²) in [6.45, 7) is 3.64. The molecule has 0 aliphatic heterocycles. The lowest BCUT2D eigenvalue weighted by atomic mass is 9.99. The number of ether oxygens (including phenoxy) is 1. The first kappa shape index (κ1) is 12.0. The van der Waals surface area contributed by atoms with Crippen LogP contribution in [0.4, 0.5) is 4.79 Å². The van der Waals surface area contributed by atoms with Crippen LogP contribution in [-0.2, 0) is 9.53 Å². The molecular formula is C8H14BNO3. The zero-order valence-corrected chi connectivity index (χ0v) is 8.40. The van der Waals surface area contributed by atoms with Gasteiger partial charge in [-0.3, -0.25) is 4.79 Å². The van der Waals surface area contributed by atoms with Gasteiger partial charge in [0.15, 0.2) is 5.81 Å². The molecule has 0 aliphatic rings. The zero-order chi connectivity index (χ0) is 10.6. The van der Waals surface area contributed by atoms with Crippen molar-refractivity contribution < 1.29 is 14.3 Å². The van der Waals surface area contributed by atoms with Crippen molar-refractivity contribution in [1.82, 2.24) is 4.90 Å². The summed E-state index contributed by atoms with van der Waals surface area (Å²) in [7, 11) is 7.81.